The standard InChI is InChI=1S/C17H31N3O3/c1-17(2,3)23-16(22)13-4-10-20(11-5-13)15(21)12-19-8-6-14(18)7-9-19/h13-14H,4-12,18H2,1-3H3. The normalized spacial score (nSPS) is 22.2. The van der Waals surface area contributed by atoms with E-state index in [0.29, 0.717) is 32.5 Å². The second-order valence-electron chi connectivity index (χ2n) is 7.80. The maximum atomic E-state index is 12.4. The number of esters is 1. The Morgan fingerprint density at radius 1 is 1.04 bits per heavy atom. The fraction of sp³-hybridized carbons (Fsp3) is 0.882. The maximum Gasteiger partial charge on any atom is 0.309 e. The number of piperidine rings is 2. The molecule has 2 N–H and O–H groups in total. The van der Waals surface area contributed by atoms with E-state index in [9.17, 15) is 9.59 Å². The smallest absolute Gasteiger partial charge is 0.309 e. The largest absolute Gasteiger partial charge is 0.460 e. The van der Waals surface area contributed by atoms with Crippen LogP contribution in [0.25, 0.3) is 0 Å². The Hall–Kier alpha value is -1.14. The van der Waals surface area contributed by atoms with Crippen LogP contribution in [-0.4, -0.2) is 66.0 Å². The molecular formula is C17H31N3O3. The SMILES string of the molecule is CC(C)(C)OC(=O)C1CCN(C(=O)CN2CCC(N)CC2)CC1. The number of hydrogen-bond acceptors (Lipinski definition) is 5. The van der Waals surface area contributed by atoms with E-state index in [0.717, 1.165) is 25.9 Å². The van der Waals surface area contributed by atoms with Crippen molar-refractivity contribution in [1.82, 2.24) is 9.80 Å². The number of rotatable bonds is 3. The summed E-state index contributed by atoms with van der Waals surface area (Å²) >= 11 is 0. The molecule has 6 nitrogen and oxygen atoms in total. The highest BCUT2D eigenvalue weighted by molar-refractivity contribution is 5.79. The van der Waals surface area contributed by atoms with Crippen LogP contribution in [0.3, 0.4) is 0 Å². The molecule has 2 saturated heterocycles. The fourth-order valence-electron chi connectivity index (χ4n) is 3.15. The van der Waals surface area contributed by atoms with Crippen molar-refractivity contribution in [3.8, 4) is 0 Å². The Morgan fingerprint density at radius 2 is 1.61 bits per heavy atom. The third-order valence-electron chi connectivity index (χ3n) is 4.58. The number of likely N-dealkylation sites (tertiary alicyclic amines) is 2. The molecule has 0 bridgehead atoms. The summed E-state index contributed by atoms with van der Waals surface area (Å²) in [4.78, 5) is 28.6. The number of carbonyl (C=O) groups is 2. The lowest BCUT2D eigenvalue weighted by Crippen LogP contribution is -2.48. The van der Waals surface area contributed by atoms with Gasteiger partial charge in [-0.15, -0.1) is 0 Å². The van der Waals surface area contributed by atoms with Gasteiger partial charge < -0.3 is 15.4 Å². The average Bonchev–Trinajstić information content (AvgIpc) is 2.48. The van der Waals surface area contributed by atoms with Gasteiger partial charge in [-0.2, -0.15) is 0 Å². The first kappa shape index (κ1) is 18.2. The van der Waals surface area contributed by atoms with E-state index in [1.807, 2.05) is 25.7 Å². The zero-order valence-electron chi connectivity index (χ0n) is 14.7. The molecule has 2 heterocycles. The highest BCUT2D eigenvalue weighted by atomic mass is 16.6. The molecule has 132 valence electrons. The highest BCUT2D eigenvalue weighted by Crippen LogP contribution is 2.22. The van der Waals surface area contributed by atoms with Crippen molar-refractivity contribution in [1.29, 1.82) is 0 Å². The molecule has 0 atom stereocenters. The van der Waals surface area contributed by atoms with Crippen molar-refractivity contribution >= 4 is 11.9 Å². The van der Waals surface area contributed by atoms with E-state index in [1.54, 1.807) is 0 Å². The molecule has 6 heteroatoms. The van der Waals surface area contributed by atoms with Gasteiger partial charge >= 0.3 is 5.97 Å². The highest BCUT2D eigenvalue weighted by Gasteiger charge is 2.31. The van der Waals surface area contributed by atoms with Crippen molar-refractivity contribution in [2.24, 2.45) is 11.7 Å². The molecule has 0 spiro atoms. The predicted octanol–water partition coefficient (Wildman–Crippen LogP) is 0.990. The molecule has 2 fully saturated rings. The van der Waals surface area contributed by atoms with Crippen LogP contribution in [0, 0.1) is 5.92 Å². The molecule has 0 radical (unpaired) electrons. The van der Waals surface area contributed by atoms with E-state index in [4.69, 9.17) is 10.5 Å². The molecule has 0 aromatic heterocycles. The molecule has 23 heavy (non-hydrogen) atoms. The summed E-state index contributed by atoms with van der Waals surface area (Å²) in [6.45, 7) is 9.23. The van der Waals surface area contributed by atoms with Crippen LogP contribution in [0.2, 0.25) is 0 Å². The van der Waals surface area contributed by atoms with Gasteiger partial charge in [0.2, 0.25) is 5.91 Å². The molecule has 0 aliphatic carbocycles. The monoisotopic (exact) mass is 325 g/mol. The molecule has 1 amide bonds. The van der Waals surface area contributed by atoms with Crippen LogP contribution >= 0.6 is 0 Å². The lowest BCUT2D eigenvalue weighted by Gasteiger charge is -2.35. The topological polar surface area (TPSA) is 75.9 Å². The van der Waals surface area contributed by atoms with Gasteiger partial charge in [-0.25, -0.2) is 0 Å². The fourth-order valence-corrected chi connectivity index (χ4v) is 3.15. The molecular weight excluding hydrogens is 294 g/mol. The Balaban J connectivity index is 1.73. The summed E-state index contributed by atoms with van der Waals surface area (Å²) in [5.74, 6) is -0.0380. The van der Waals surface area contributed by atoms with Gasteiger partial charge in [0, 0.05) is 32.2 Å². The Morgan fingerprint density at radius 3 is 2.13 bits per heavy atom. The van der Waals surface area contributed by atoms with Crippen LogP contribution in [0.15, 0.2) is 0 Å². The van der Waals surface area contributed by atoms with Gasteiger partial charge in [0.1, 0.15) is 5.60 Å². The van der Waals surface area contributed by atoms with Crippen LogP contribution in [0.5, 0.6) is 0 Å². The number of carbonyl (C=O) groups excluding carboxylic acids is 2. The van der Waals surface area contributed by atoms with E-state index >= 15 is 0 Å². The Labute approximate surface area is 139 Å². The Kier molecular flexibility index (Phi) is 6.03. The first-order valence-electron chi connectivity index (χ1n) is 8.73. The third kappa shape index (κ3) is 5.77. The van der Waals surface area contributed by atoms with E-state index in [2.05, 4.69) is 4.90 Å². The minimum Gasteiger partial charge on any atom is -0.460 e. The summed E-state index contributed by atoms with van der Waals surface area (Å²) in [6, 6.07) is 0.283. The van der Waals surface area contributed by atoms with Gasteiger partial charge in [0.25, 0.3) is 0 Å². The van der Waals surface area contributed by atoms with Gasteiger partial charge in [-0.05, 0) is 46.5 Å². The quantitative estimate of drug-likeness (QED) is 0.783. The minimum absolute atomic E-state index is 0.0775. The van der Waals surface area contributed by atoms with Crippen molar-refractivity contribution < 1.29 is 14.3 Å². The number of nitrogens with zero attached hydrogens (tertiary/aromatic N) is 2. The zero-order chi connectivity index (χ0) is 17.0. The second-order valence-corrected chi connectivity index (χ2v) is 7.80. The van der Waals surface area contributed by atoms with Crippen LogP contribution in [0.4, 0.5) is 0 Å². The molecule has 2 aliphatic rings. The van der Waals surface area contributed by atoms with Gasteiger partial charge in [-0.1, -0.05) is 0 Å². The van der Waals surface area contributed by atoms with Crippen molar-refractivity contribution in [2.45, 2.75) is 58.1 Å². The number of nitrogens with two attached hydrogens (primary N) is 1. The molecule has 0 unspecified atom stereocenters. The minimum atomic E-state index is -0.445. The molecule has 2 rings (SSSR count). The predicted molar refractivity (Wildman–Crippen MR) is 88.8 cm³/mol. The van der Waals surface area contributed by atoms with Crippen LogP contribution < -0.4 is 5.73 Å². The average molecular weight is 325 g/mol. The number of amides is 1. The van der Waals surface area contributed by atoms with E-state index in [1.165, 1.54) is 0 Å². The molecule has 2 aliphatic heterocycles. The van der Waals surface area contributed by atoms with Crippen molar-refractivity contribution in [3.63, 3.8) is 0 Å². The van der Waals surface area contributed by atoms with E-state index in [-0.39, 0.29) is 23.8 Å². The maximum absolute atomic E-state index is 12.4. The first-order valence-corrected chi connectivity index (χ1v) is 8.73. The molecule has 0 saturated carbocycles. The van der Waals surface area contributed by atoms with Crippen molar-refractivity contribution in [3.05, 3.63) is 0 Å². The van der Waals surface area contributed by atoms with Gasteiger partial charge in [0.15, 0.2) is 0 Å². The van der Waals surface area contributed by atoms with E-state index < -0.39 is 5.60 Å². The first-order chi connectivity index (χ1) is 10.7. The summed E-state index contributed by atoms with van der Waals surface area (Å²) < 4.78 is 5.44. The Bertz CT molecular complexity index is 417. The van der Waals surface area contributed by atoms with Crippen LogP contribution in [-0.2, 0) is 14.3 Å². The van der Waals surface area contributed by atoms with Gasteiger partial charge in [0.05, 0.1) is 12.5 Å². The lowest BCUT2D eigenvalue weighted by molar-refractivity contribution is -0.162. The second kappa shape index (κ2) is 7.62. The van der Waals surface area contributed by atoms with Crippen LogP contribution in [0.1, 0.15) is 46.5 Å². The summed E-state index contributed by atoms with van der Waals surface area (Å²) in [7, 11) is 0. The summed E-state index contributed by atoms with van der Waals surface area (Å²) in [5.41, 5.74) is 5.45. The number of hydrogen-bond donors (Lipinski definition) is 1. The molecule has 0 aromatic carbocycles. The lowest BCUT2D eigenvalue weighted by atomic mass is 9.96. The summed E-state index contributed by atoms with van der Waals surface area (Å²) in [5, 5.41) is 0. The summed E-state index contributed by atoms with van der Waals surface area (Å²) in [6.07, 6.45) is 3.33. The van der Waals surface area contributed by atoms with Crippen molar-refractivity contribution in [2.75, 3.05) is 32.7 Å². The number of ether oxygens (including phenoxy) is 1. The molecule has 0 aromatic rings. The third-order valence-corrected chi connectivity index (χ3v) is 4.58. The zero-order valence-corrected chi connectivity index (χ0v) is 14.7. The van der Waals surface area contributed by atoms with Gasteiger partial charge in [-0.3, -0.25) is 14.5 Å².